The zero-order chi connectivity index (χ0) is 13.6. The summed E-state index contributed by atoms with van der Waals surface area (Å²) in [6, 6.07) is 4.70. The molecule has 102 valence electrons. The molecule has 0 unspecified atom stereocenters. The smallest absolute Gasteiger partial charge is 0.208 e. The van der Waals surface area contributed by atoms with Gasteiger partial charge in [0.15, 0.2) is 0 Å². The van der Waals surface area contributed by atoms with Crippen molar-refractivity contribution >= 4 is 10.0 Å². The van der Waals surface area contributed by atoms with Crippen LogP contribution in [0.15, 0.2) is 18.2 Å². The first-order chi connectivity index (χ1) is 8.38. The summed E-state index contributed by atoms with van der Waals surface area (Å²) < 4.78 is 37.0. The molecule has 4 nitrogen and oxygen atoms in total. The summed E-state index contributed by atoms with van der Waals surface area (Å²) in [5.74, 6) is -0.240. The van der Waals surface area contributed by atoms with Crippen LogP contribution in [0.3, 0.4) is 0 Å². The van der Waals surface area contributed by atoms with E-state index in [-0.39, 0.29) is 5.82 Å². The highest BCUT2D eigenvalue weighted by molar-refractivity contribution is 7.88. The summed E-state index contributed by atoms with van der Waals surface area (Å²) in [5.41, 5.74) is 1.96. The van der Waals surface area contributed by atoms with Crippen LogP contribution in [0.5, 0.6) is 0 Å². The number of aryl methyl sites for hydroxylation is 1. The highest BCUT2D eigenvalue weighted by Crippen LogP contribution is 2.09. The third-order valence-corrected chi connectivity index (χ3v) is 3.25. The Kier molecular flexibility index (Phi) is 5.71. The quantitative estimate of drug-likeness (QED) is 0.734. The van der Waals surface area contributed by atoms with Gasteiger partial charge in [-0.05, 0) is 43.1 Å². The van der Waals surface area contributed by atoms with Crippen LogP contribution >= 0.6 is 0 Å². The second-order valence-corrected chi connectivity index (χ2v) is 6.10. The standard InChI is InChI=1S/C12H19FN2O2S/c1-10-4-5-12(13)8-11(10)9-14-6-3-7-15-18(2,16)17/h4-5,8,14-15H,3,6-7,9H2,1-2H3. The van der Waals surface area contributed by atoms with Crippen LogP contribution in [0.2, 0.25) is 0 Å². The third-order valence-electron chi connectivity index (χ3n) is 2.52. The fourth-order valence-corrected chi connectivity index (χ4v) is 2.04. The van der Waals surface area contributed by atoms with E-state index in [1.54, 1.807) is 6.07 Å². The Bertz CT molecular complexity index is 489. The van der Waals surface area contributed by atoms with Crippen molar-refractivity contribution in [3.63, 3.8) is 0 Å². The van der Waals surface area contributed by atoms with Crippen molar-refractivity contribution in [2.75, 3.05) is 19.3 Å². The van der Waals surface area contributed by atoms with Crippen LogP contribution in [0, 0.1) is 12.7 Å². The van der Waals surface area contributed by atoms with E-state index in [0.29, 0.717) is 26.1 Å². The molecule has 6 heteroatoms. The van der Waals surface area contributed by atoms with E-state index in [2.05, 4.69) is 10.0 Å². The molecular weight excluding hydrogens is 255 g/mol. The molecule has 0 saturated carbocycles. The summed E-state index contributed by atoms with van der Waals surface area (Å²) in [4.78, 5) is 0. The Morgan fingerprint density at radius 2 is 2.00 bits per heavy atom. The van der Waals surface area contributed by atoms with Crippen molar-refractivity contribution < 1.29 is 12.8 Å². The molecule has 0 atom stereocenters. The Morgan fingerprint density at radius 3 is 2.67 bits per heavy atom. The molecule has 0 aliphatic carbocycles. The zero-order valence-electron chi connectivity index (χ0n) is 10.7. The number of hydrogen-bond acceptors (Lipinski definition) is 3. The largest absolute Gasteiger partial charge is 0.313 e. The SMILES string of the molecule is Cc1ccc(F)cc1CNCCCNS(C)(=O)=O. The van der Waals surface area contributed by atoms with Crippen LogP contribution in [0.1, 0.15) is 17.5 Å². The first-order valence-corrected chi connectivity index (χ1v) is 7.68. The number of hydrogen-bond donors (Lipinski definition) is 2. The maximum Gasteiger partial charge on any atom is 0.208 e. The van der Waals surface area contributed by atoms with Crippen molar-refractivity contribution in [1.29, 1.82) is 0 Å². The number of halogens is 1. The van der Waals surface area contributed by atoms with Gasteiger partial charge in [0.1, 0.15) is 5.82 Å². The lowest BCUT2D eigenvalue weighted by molar-refractivity contribution is 0.578. The number of nitrogens with one attached hydrogen (secondary N) is 2. The normalized spacial score (nSPS) is 11.7. The zero-order valence-corrected chi connectivity index (χ0v) is 11.5. The molecule has 0 aliphatic rings. The molecule has 1 aromatic carbocycles. The predicted octanol–water partition coefficient (Wildman–Crippen LogP) is 1.16. The Balaban J connectivity index is 2.24. The highest BCUT2D eigenvalue weighted by Gasteiger charge is 2.01. The summed E-state index contributed by atoms with van der Waals surface area (Å²) in [6.45, 7) is 3.61. The van der Waals surface area contributed by atoms with Crippen molar-refractivity contribution in [1.82, 2.24) is 10.0 Å². The summed E-state index contributed by atoms with van der Waals surface area (Å²) >= 11 is 0. The van der Waals surface area contributed by atoms with E-state index < -0.39 is 10.0 Å². The maximum absolute atomic E-state index is 13.0. The second-order valence-electron chi connectivity index (χ2n) is 4.27. The highest BCUT2D eigenvalue weighted by atomic mass is 32.2. The average Bonchev–Trinajstić information content (AvgIpc) is 2.26. The predicted molar refractivity (Wildman–Crippen MR) is 70.3 cm³/mol. The van der Waals surface area contributed by atoms with Gasteiger partial charge in [0.25, 0.3) is 0 Å². The first kappa shape index (κ1) is 15.1. The Morgan fingerprint density at radius 1 is 1.28 bits per heavy atom. The minimum atomic E-state index is -3.10. The van der Waals surface area contributed by atoms with E-state index in [4.69, 9.17) is 0 Å². The average molecular weight is 274 g/mol. The van der Waals surface area contributed by atoms with Gasteiger partial charge in [-0.1, -0.05) is 6.07 Å². The van der Waals surface area contributed by atoms with Gasteiger partial charge in [-0.25, -0.2) is 17.5 Å². The summed E-state index contributed by atoms with van der Waals surface area (Å²) in [5, 5.41) is 3.15. The molecule has 0 fully saturated rings. The number of rotatable bonds is 7. The van der Waals surface area contributed by atoms with Gasteiger partial charge in [-0.3, -0.25) is 0 Å². The van der Waals surface area contributed by atoms with Gasteiger partial charge in [-0.15, -0.1) is 0 Å². The van der Waals surface area contributed by atoms with E-state index in [9.17, 15) is 12.8 Å². The van der Waals surface area contributed by atoms with E-state index >= 15 is 0 Å². The first-order valence-electron chi connectivity index (χ1n) is 5.79. The molecular formula is C12H19FN2O2S. The van der Waals surface area contributed by atoms with Gasteiger partial charge in [0.2, 0.25) is 10.0 Å². The molecule has 1 rings (SSSR count). The molecule has 0 spiro atoms. The molecule has 0 aromatic heterocycles. The van der Waals surface area contributed by atoms with Crippen molar-refractivity contribution in [3.8, 4) is 0 Å². The van der Waals surface area contributed by atoms with Crippen LogP contribution in [0.4, 0.5) is 4.39 Å². The molecule has 18 heavy (non-hydrogen) atoms. The molecule has 0 radical (unpaired) electrons. The van der Waals surface area contributed by atoms with Gasteiger partial charge in [-0.2, -0.15) is 0 Å². The van der Waals surface area contributed by atoms with Crippen LogP contribution in [-0.2, 0) is 16.6 Å². The van der Waals surface area contributed by atoms with E-state index in [1.165, 1.54) is 12.1 Å². The topological polar surface area (TPSA) is 58.2 Å². The fraction of sp³-hybridized carbons (Fsp3) is 0.500. The Hall–Kier alpha value is -0.980. The van der Waals surface area contributed by atoms with Crippen molar-refractivity contribution in [2.45, 2.75) is 19.9 Å². The van der Waals surface area contributed by atoms with Crippen molar-refractivity contribution in [2.24, 2.45) is 0 Å². The van der Waals surface area contributed by atoms with Crippen LogP contribution in [0.25, 0.3) is 0 Å². The van der Waals surface area contributed by atoms with E-state index in [1.807, 2.05) is 6.92 Å². The van der Waals surface area contributed by atoms with Crippen LogP contribution in [-0.4, -0.2) is 27.8 Å². The van der Waals surface area contributed by atoms with Gasteiger partial charge in [0.05, 0.1) is 6.26 Å². The minimum absolute atomic E-state index is 0.240. The lowest BCUT2D eigenvalue weighted by Gasteiger charge is -2.08. The molecule has 0 saturated heterocycles. The molecule has 0 bridgehead atoms. The minimum Gasteiger partial charge on any atom is -0.313 e. The fourth-order valence-electron chi connectivity index (χ4n) is 1.52. The van der Waals surface area contributed by atoms with Gasteiger partial charge < -0.3 is 5.32 Å². The molecule has 1 aromatic rings. The second kappa shape index (κ2) is 6.82. The molecule has 0 aliphatic heterocycles. The van der Waals surface area contributed by atoms with Crippen molar-refractivity contribution in [3.05, 3.63) is 35.1 Å². The molecule has 2 N–H and O–H groups in total. The lowest BCUT2D eigenvalue weighted by Crippen LogP contribution is -2.26. The third kappa shape index (κ3) is 6.09. The summed E-state index contributed by atoms with van der Waals surface area (Å²) in [6.07, 6.45) is 1.83. The molecule has 0 heterocycles. The molecule has 0 amide bonds. The maximum atomic E-state index is 13.0. The number of sulfonamides is 1. The van der Waals surface area contributed by atoms with Gasteiger partial charge >= 0.3 is 0 Å². The lowest BCUT2D eigenvalue weighted by atomic mass is 10.1. The van der Waals surface area contributed by atoms with Gasteiger partial charge in [0, 0.05) is 13.1 Å². The summed E-state index contributed by atoms with van der Waals surface area (Å²) in [7, 11) is -3.10. The Labute approximate surface area is 108 Å². The van der Waals surface area contributed by atoms with E-state index in [0.717, 1.165) is 17.4 Å². The number of benzene rings is 1. The monoisotopic (exact) mass is 274 g/mol. The van der Waals surface area contributed by atoms with Crippen LogP contribution < -0.4 is 10.0 Å².